The number of nitrogens with two attached hydrogens (primary N) is 1. The molecule has 0 aliphatic rings. The van der Waals surface area contributed by atoms with E-state index in [9.17, 15) is 0 Å². The second kappa shape index (κ2) is 4.94. The molecule has 2 nitrogen and oxygen atoms in total. The number of nitrogen functional groups attached to an aromatic ring is 1. The standard InChI is InChI=1S/C16H14N2S/c1-11-4-2-5-12(10-11)19-15-8-7-14-13(16(15)17)6-3-9-18-14/h2-10H,17H2,1H3. The molecule has 1 aromatic heterocycles. The minimum Gasteiger partial charge on any atom is -0.397 e. The molecule has 0 saturated heterocycles. The molecule has 0 aliphatic carbocycles. The average molecular weight is 266 g/mol. The highest BCUT2D eigenvalue weighted by molar-refractivity contribution is 7.99. The van der Waals surface area contributed by atoms with Crippen LogP contribution in [0.2, 0.25) is 0 Å². The molecular formula is C16H14N2S. The summed E-state index contributed by atoms with van der Waals surface area (Å²) in [5.74, 6) is 0. The highest BCUT2D eigenvalue weighted by atomic mass is 32.2. The third-order valence-electron chi connectivity index (χ3n) is 3.00. The van der Waals surface area contributed by atoms with Crippen LogP contribution in [0, 0.1) is 6.92 Å². The van der Waals surface area contributed by atoms with E-state index in [1.54, 1.807) is 18.0 Å². The minimum absolute atomic E-state index is 0.803. The average Bonchev–Trinajstić information content (AvgIpc) is 2.42. The first-order valence-electron chi connectivity index (χ1n) is 6.12. The van der Waals surface area contributed by atoms with Crippen molar-refractivity contribution in [3.63, 3.8) is 0 Å². The van der Waals surface area contributed by atoms with Crippen molar-refractivity contribution in [2.45, 2.75) is 16.7 Å². The van der Waals surface area contributed by atoms with E-state index in [2.05, 4.69) is 36.2 Å². The Morgan fingerprint density at radius 2 is 1.95 bits per heavy atom. The molecule has 0 bridgehead atoms. The van der Waals surface area contributed by atoms with Crippen molar-refractivity contribution in [2.75, 3.05) is 5.73 Å². The van der Waals surface area contributed by atoms with Crippen LogP contribution in [0.4, 0.5) is 5.69 Å². The first-order chi connectivity index (χ1) is 9.24. The largest absolute Gasteiger partial charge is 0.397 e. The van der Waals surface area contributed by atoms with Crippen LogP contribution in [-0.2, 0) is 0 Å². The quantitative estimate of drug-likeness (QED) is 0.704. The molecule has 0 radical (unpaired) electrons. The summed E-state index contributed by atoms with van der Waals surface area (Å²) >= 11 is 1.69. The number of rotatable bonds is 2. The van der Waals surface area contributed by atoms with Gasteiger partial charge in [-0.25, -0.2) is 0 Å². The Morgan fingerprint density at radius 1 is 1.05 bits per heavy atom. The molecular weight excluding hydrogens is 252 g/mol. The highest BCUT2D eigenvalue weighted by Gasteiger charge is 2.06. The van der Waals surface area contributed by atoms with E-state index in [0.29, 0.717) is 0 Å². The summed E-state index contributed by atoms with van der Waals surface area (Å²) in [7, 11) is 0. The molecule has 3 heteroatoms. The second-order valence-electron chi connectivity index (χ2n) is 4.47. The Bertz CT molecular complexity index is 738. The zero-order chi connectivity index (χ0) is 13.2. The lowest BCUT2D eigenvalue weighted by atomic mass is 10.2. The van der Waals surface area contributed by atoms with Crippen molar-refractivity contribution < 1.29 is 0 Å². The summed E-state index contributed by atoms with van der Waals surface area (Å²) in [5.41, 5.74) is 9.24. The van der Waals surface area contributed by atoms with Crippen LogP contribution in [0.15, 0.2) is 64.5 Å². The maximum Gasteiger partial charge on any atom is 0.0723 e. The van der Waals surface area contributed by atoms with Crippen molar-refractivity contribution >= 4 is 28.4 Å². The van der Waals surface area contributed by atoms with Gasteiger partial charge in [-0.05, 0) is 43.3 Å². The molecule has 0 unspecified atom stereocenters. The topological polar surface area (TPSA) is 38.9 Å². The fourth-order valence-corrected chi connectivity index (χ4v) is 3.05. The fraction of sp³-hybridized carbons (Fsp3) is 0.0625. The van der Waals surface area contributed by atoms with Crippen LogP contribution in [0.1, 0.15) is 5.56 Å². The fourth-order valence-electron chi connectivity index (χ4n) is 2.05. The maximum absolute atomic E-state index is 6.24. The van der Waals surface area contributed by atoms with Crippen LogP contribution in [-0.4, -0.2) is 4.98 Å². The lowest BCUT2D eigenvalue weighted by Crippen LogP contribution is -1.91. The van der Waals surface area contributed by atoms with Gasteiger partial charge in [0, 0.05) is 21.4 Å². The minimum atomic E-state index is 0.803. The Labute approximate surface area is 116 Å². The van der Waals surface area contributed by atoms with Crippen LogP contribution < -0.4 is 5.73 Å². The van der Waals surface area contributed by atoms with E-state index >= 15 is 0 Å². The number of benzene rings is 2. The van der Waals surface area contributed by atoms with Crippen molar-refractivity contribution in [1.29, 1.82) is 0 Å². The third kappa shape index (κ3) is 2.42. The number of hydrogen-bond acceptors (Lipinski definition) is 3. The van der Waals surface area contributed by atoms with Gasteiger partial charge in [-0.15, -0.1) is 0 Å². The smallest absolute Gasteiger partial charge is 0.0723 e. The number of pyridine rings is 1. The number of anilines is 1. The third-order valence-corrected chi connectivity index (χ3v) is 4.07. The van der Waals surface area contributed by atoms with Crippen molar-refractivity contribution in [3.05, 3.63) is 60.3 Å². The molecule has 0 aliphatic heterocycles. The van der Waals surface area contributed by atoms with Crippen LogP contribution in [0.5, 0.6) is 0 Å². The Morgan fingerprint density at radius 3 is 2.79 bits per heavy atom. The molecule has 2 N–H and O–H groups in total. The van der Waals surface area contributed by atoms with E-state index in [-0.39, 0.29) is 0 Å². The summed E-state index contributed by atoms with van der Waals surface area (Å²) in [6, 6.07) is 16.4. The number of nitrogens with zero attached hydrogens (tertiary/aromatic N) is 1. The molecule has 19 heavy (non-hydrogen) atoms. The Kier molecular flexibility index (Phi) is 3.13. The lowest BCUT2D eigenvalue weighted by molar-refractivity contribution is 1.34. The van der Waals surface area contributed by atoms with Gasteiger partial charge >= 0.3 is 0 Å². The highest BCUT2D eigenvalue weighted by Crippen LogP contribution is 2.35. The summed E-state index contributed by atoms with van der Waals surface area (Å²) in [6.45, 7) is 2.09. The van der Waals surface area contributed by atoms with Crippen molar-refractivity contribution in [1.82, 2.24) is 4.98 Å². The molecule has 0 atom stereocenters. The SMILES string of the molecule is Cc1cccc(Sc2ccc3ncccc3c2N)c1. The first kappa shape index (κ1) is 12.1. The van der Waals surface area contributed by atoms with Gasteiger partial charge in [0.15, 0.2) is 0 Å². The van der Waals surface area contributed by atoms with E-state index in [1.807, 2.05) is 24.3 Å². The Hall–Kier alpha value is -2.00. The predicted molar refractivity (Wildman–Crippen MR) is 81.5 cm³/mol. The predicted octanol–water partition coefficient (Wildman–Crippen LogP) is 4.28. The number of fused-ring (bicyclic) bond motifs is 1. The zero-order valence-corrected chi connectivity index (χ0v) is 11.4. The van der Waals surface area contributed by atoms with E-state index in [1.165, 1.54) is 10.5 Å². The first-order valence-corrected chi connectivity index (χ1v) is 6.93. The molecule has 1 heterocycles. The van der Waals surface area contributed by atoms with Gasteiger partial charge in [0.1, 0.15) is 0 Å². The zero-order valence-electron chi connectivity index (χ0n) is 10.6. The lowest BCUT2D eigenvalue weighted by Gasteiger charge is -2.08. The van der Waals surface area contributed by atoms with E-state index < -0.39 is 0 Å². The van der Waals surface area contributed by atoms with Gasteiger partial charge in [0.2, 0.25) is 0 Å². The van der Waals surface area contributed by atoms with Crippen LogP contribution in [0.25, 0.3) is 10.9 Å². The molecule has 3 aromatic rings. The van der Waals surface area contributed by atoms with Gasteiger partial charge in [0.05, 0.1) is 11.2 Å². The molecule has 0 amide bonds. The van der Waals surface area contributed by atoms with E-state index in [4.69, 9.17) is 5.73 Å². The van der Waals surface area contributed by atoms with E-state index in [0.717, 1.165) is 21.5 Å². The molecule has 3 rings (SSSR count). The second-order valence-corrected chi connectivity index (χ2v) is 5.58. The summed E-state index contributed by atoms with van der Waals surface area (Å²) in [4.78, 5) is 6.59. The maximum atomic E-state index is 6.24. The van der Waals surface area contributed by atoms with Gasteiger partial charge in [-0.1, -0.05) is 29.5 Å². The van der Waals surface area contributed by atoms with Crippen LogP contribution >= 0.6 is 11.8 Å². The summed E-state index contributed by atoms with van der Waals surface area (Å²) in [6.07, 6.45) is 1.79. The molecule has 94 valence electrons. The molecule has 0 spiro atoms. The number of hydrogen-bond donors (Lipinski definition) is 1. The van der Waals surface area contributed by atoms with Crippen LogP contribution in [0.3, 0.4) is 0 Å². The summed E-state index contributed by atoms with van der Waals surface area (Å²) < 4.78 is 0. The normalized spacial score (nSPS) is 10.8. The summed E-state index contributed by atoms with van der Waals surface area (Å²) in [5, 5.41) is 1.01. The van der Waals surface area contributed by atoms with Gasteiger partial charge in [-0.2, -0.15) is 0 Å². The van der Waals surface area contributed by atoms with Crippen molar-refractivity contribution in [2.24, 2.45) is 0 Å². The molecule has 0 fully saturated rings. The monoisotopic (exact) mass is 266 g/mol. The van der Waals surface area contributed by atoms with Gasteiger partial charge in [0.25, 0.3) is 0 Å². The number of aryl methyl sites for hydroxylation is 1. The van der Waals surface area contributed by atoms with Gasteiger partial charge < -0.3 is 5.73 Å². The molecule has 0 saturated carbocycles. The van der Waals surface area contributed by atoms with Gasteiger partial charge in [-0.3, -0.25) is 4.98 Å². The molecule has 2 aromatic carbocycles. The Balaban J connectivity index is 2.04. The number of aromatic nitrogens is 1. The van der Waals surface area contributed by atoms with Crippen molar-refractivity contribution in [3.8, 4) is 0 Å².